The Morgan fingerprint density at radius 1 is 0.409 bits per heavy atom. The average molecular weight is 931 g/mol. The fraction of sp³-hybridized carbons (Fsp3) is 0.900. The maximum absolute atomic E-state index is 12.5. The Balaban J connectivity index is 3.47. The van der Waals surface area contributed by atoms with Crippen LogP contribution in [0.2, 0.25) is 0 Å². The molecule has 3 N–H and O–H groups in total. The van der Waals surface area contributed by atoms with E-state index in [-0.39, 0.29) is 18.5 Å². The Kier molecular flexibility index (Phi) is 54.5. The van der Waals surface area contributed by atoms with Crippen LogP contribution in [0.5, 0.6) is 0 Å². The highest BCUT2D eigenvalue weighted by atomic mass is 16.5. The van der Waals surface area contributed by atoms with Gasteiger partial charge < -0.3 is 20.3 Å². The van der Waals surface area contributed by atoms with Gasteiger partial charge in [-0.05, 0) is 77.0 Å². The summed E-state index contributed by atoms with van der Waals surface area (Å²) in [5.41, 5.74) is 0. The number of aliphatic hydroxyl groups is 2. The highest BCUT2D eigenvalue weighted by molar-refractivity contribution is 5.76. The lowest BCUT2D eigenvalue weighted by Gasteiger charge is -2.22. The third kappa shape index (κ3) is 51.7. The molecule has 0 aromatic heterocycles. The predicted octanol–water partition coefficient (Wildman–Crippen LogP) is 18.2. The summed E-state index contributed by atoms with van der Waals surface area (Å²) in [5, 5.41) is 23.3. The van der Waals surface area contributed by atoms with Gasteiger partial charge in [0.25, 0.3) is 0 Å². The van der Waals surface area contributed by atoms with E-state index in [0.717, 1.165) is 64.2 Å². The molecular formula is C60H115NO5. The summed E-state index contributed by atoms with van der Waals surface area (Å²) < 4.78 is 5.47. The summed E-state index contributed by atoms with van der Waals surface area (Å²) in [4.78, 5) is 24.5. The van der Waals surface area contributed by atoms with Gasteiger partial charge in [-0.3, -0.25) is 9.59 Å². The molecule has 0 aromatic carbocycles. The minimum atomic E-state index is -0.675. The quantitative estimate of drug-likeness (QED) is 0.0321. The van der Waals surface area contributed by atoms with Crippen molar-refractivity contribution in [3.05, 3.63) is 24.3 Å². The van der Waals surface area contributed by atoms with Crippen molar-refractivity contribution in [3.63, 3.8) is 0 Å². The van der Waals surface area contributed by atoms with Gasteiger partial charge in [0.05, 0.1) is 25.4 Å². The molecule has 2 atom stereocenters. The highest BCUT2D eigenvalue weighted by Gasteiger charge is 2.20. The number of unbranched alkanes of at least 4 members (excludes halogenated alkanes) is 40. The molecule has 0 bridgehead atoms. The molecule has 0 rings (SSSR count). The van der Waals surface area contributed by atoms with Gasteiger partial charge in [-0.2, -0.15) is 0 Å². The van der Waals surface area contributed by atoms with E-state index in [0.29, 0.717) is 25.9 Å². The zero-order valence-electron chi connectivity index (χ0n) is 44.4. The fourth-order valence-corrected chi connectivity index (χ4v) is 9.16. The third-order valence-corrected chi connectivity index (χ3v) is 13.7. The molecule has 1 amide bonds. The maximum Gasteiger partial charge on any atom is 0.305 e. The minimum absolute atomic E-state index is 0.0103. The van der Waals surface area contributed by atoms with Crippen LogP contribution in [0.3, 0.4) is 0 Å². The molecule has 6 heteroatoms. The smallest absolute Gasteiger partial charge is 0.305 e. The average Bonchev–Trinajstić information content (AvgIpc) is 3.32. The summed E-state index contributed by atoms with van der Waals surface area (Å²) in [6, 6.07) is -0.554. The number of ether oxygens (including phenoxy) is 1. The van der Waals surface area contributed by atoms with Crippen LogP contribution in [0, 0.1) is 0 Å². The standard InChI is InChI=1S/C60H115NO5/c1-3-5-7-9-11-13-15-17-19-20-21-25-28-32-36-40-44-48-52-58(63)57(56-62)61-59(64)53-49-45-41-37-33-29-26-22-23-27-31-35-39-43-47-51-55-66-60(65)54-50-46-42-38-34-30-24-18-16-14-12-10-8-6-4-2/h18,22,24,26,57-58,62-63H,3-17,19-21,23,25,27-56H2,1-2H3,(H,61,64)/b24-18-,26-22-. The second-order valence-electron chi connectivity index (χ2n) is 20.3. The molecule has 0 spiro atoms. The van der Waals surface area contributed by atoms with Crippen molar-refractivity contribution in [2.45, 2.75) is 334 Å². The Morgan fingerprint density at radius 3 is 1.08 bits per heavy atom. The Morgan fingerprint density at radius 2 is 0.712 bits per heavy atom. The Bertz CT molecular complexity index is 1030. The molecule has 0 heterocycles. The van der Waals surface area contributed by atoms with E-state index in [2.05, 4.69) is 43.5 Å². The molecule has 6 nitrogen and oxygen atoms in total. The van der Waals surface area contributed by atoms with Crippen molar-refractivity contribution < 1.29 is 24.5 Å². The number of esters is 1. The maximum atomic E-state index is 12.5. The van der Waals surface area contributed by atoms with Crippen LogP contribution in [0.25, 0.3) is 0 Å². The second kappa shape index (κ2) is 55.9. The van der Waals surface area contributed by atoms with Gasteiger partial charge >= 0.3 is 5.97 Å². The lowest BCUT2D eigenvalue weighted by Crippen LogP contribution is -2.45. The first kappa shape index (κ1) is 64.3. The lowest BCUT2D eigenvalue weighted by atomic mass is 10.0. The monoisotopic (exact) mass is 930 g/mol. The van der Waals surface area contributed by atoms with Crippen molar-refractivity contribution in [2.75, 3.05) is 13.2 Å². The van der Waals surface area contributed by atoms with E-state index in [1.165, 1.54) is 225 Å². The summed E-state index contributed by atoms with van der Waals surface area (Å²) in [6.45, 7) is 4.94. The molecule has 0 aliphatic rings. The zero-order chi connectivity index (χ0) is 47.9. The summed E-state index contributed by atoms with van der Waals surface area (Å²) >= 11 is 0. The SMILES string of the molecule is CCCCCCCC/C=C\CCCCCCCC(=O)OCCCCCCCCC/C=C\CCCCCCCC(=O)NC(CO)C(O)CCCCCCCCCCCCCCCCCCCC. The number of rotatable bonds is 55. The normalized spacial score (nSPS) is 12.7. The van der Waals surface area contributed by atoms with Crippen molar-refractivity contribution in [1.29, 1.82) is 0 Å². The number of carbonyl (C=O) groups is 2. The molecule has 0 aromatic rings. The van der Waals surface area contributed by atoms with E-state index >= 15 is 0 Å². The first-order valence-corrected chi connectivity index (χ1v) is 29.6. The van der Waals surface area contributed by atoms with Crippen molar-refractivity contribution in [1.82, 2.24) is 5.32 Å². The van der Waals surface area contributed by atoms with Crippen LogP contribution in [0.15, 0.2) is 24.3 Å². The number of hydrogen-bond acceptors (Lipinski definition) is 5. The van der Waals surface area contributed by atoms with Gasteiger partial charge in [0, 0.05) is 12.8 Å². The molecule has 390 valence electrons. The largest absolute Gasteiger partial charge is 0.466 e. The van der Waals surface area contributed by atoms with Crippen molar-refractivity contribution in [2.24, 2.45) is 0 Å². The Labute approximate surface area is 411 Å². The predicted molar refractivity (Wildman–Crippen MR) is 287 cm³/mol. The van der Waals surface area contributed by atoms with Crippen molar-refractivity contribution >= 4 is 11.9 Å². The van der Waals surface area contributed by atoms with Gasteiger partial charge in [-0.1, -0.05) is 256 Å². The number of allylic oxidation sites excluding steroid dienone is 4. The molecule has 0 fully saturated rings. The van der Waals surface area contributed by atoms with Gasteiger partial charge in [0.2, 0.25) is 5.91 Å². The van der Waals surface area contributed by atoms with Gasteiger partial charge in [0.1, 0.15) is 0 Å². The van der Waals surface area contributed by atoms with Crippen LogP contribution < -0.4 is 5.32 Å². The molecule has 0 aliphatic heterocycles. The summed E-state index contributed by atoms with van der Waals surface area (Å²) in [7, 11) is 0. The number of carbonyl (C=O) groups excluding carboxylic acids is 2. The molecule has 2 unspecified atom stereocenters. The molecule has 66 heavy (non-hydrogen) atoms. The van der Waals surface area contributed by atoms with Crippen LogP contribution in [-0.4, -0.2) is 47.4 Å². The number of nitrogens with one attached hydrogen (secondary N) is 1. The zero-order valence-corrected chi connectivity index (χ0v) is 44.4. The highest BCUT2D eigenvalue weighted by Crippen LogP contribution is 2.17. The molecule has 0 saturated carbocycles. The van der Waals surface area contributed by atoms with Gasteiger partial charge in [0.15, 0.2) is 0 Å². The van der Waals surface area contributed by atoms with E-state index in [1.54, 1.807) is 0 Å². The Hall–Kier alpha value is -1.66. The van der Waals surface area contributed by atoms with Crippen LogP contribution >= 0.6 is 0 Å². The van der Waals surface area contributed by atoms with Crippen molar-refractivity contribution in [3.8, 4) is 0 Å². The molecular weight excluding hydrogens is 815 g/mol. The first-order chi connectivity index (χ1) is 32.5. The molecule has 0 saturated heterocycles. The van der Waals surface area contributed by atoms with Gasteiger partial charge in [-0.15, -0.1) is 0 Å². The number of aliphatic hydroxyl groups excluding tert-OH is 2. The van der Waals surface area contributed by atoms with Gasteiger partial charge in [-0.25, -0.2) is 0 Å². The minimum Gasteiger partial charge on any atom is -0.466 e. The third-order valence-electron chi connectivity index (χ3n) is 13.7. The summed E-state index contributed by atoms with van der Waals surface area (Å²) in [5.74, 6) is -0.0604. The topological polar surface area (TPSA) is 95.9 Å². The van der Waals surface area contributed by atoms with E-state index < -0.39 is 12.1 Å². The number of amides is 1. The first-order valence-electron chi connectivity index (χ1n) is 29.6. The van der Waals surface area contributed by atoms with Crippen LogP contribution in [0.4, 0.5) is 0 Å². The fourth-order valence-electron chi connectivity index (χ4n) is 9.16. The lowest BCUT2D eigenvalue weighted by molar-refractivity contribution is -0.143. The second-order valence-corrected chi connectivity index (χ2v) is 20.3. The van der Waals surface area contributed by atoms with Crippen LogP contribution in [0.1, 0.15) is 322 Å². The van der Waals surface area contributed by atoms with Crippen LogP contribution in [-0.2, 0) is 14.3 Å². The molecule has 0 aliphatic carbocycles. The number of hydrogen-bond donors (Lipinski definition) is 3. The molecule has 0 radical (unpaired) electrons. The summed E-state index contributed by atoms with van der Waals surface area (Å²) in [6.07, 6.45) is 67.4. The van der Waals surface area contributed by atoms with E-state index in [1.807, 2.05) is 0 Å². The van der Waals surface area contributed by atoms with E-state index in [9.17, 15) is 19.8 Å². The van der Waals surface area contributed by atoms with E-state index in [4.69, 9.17) is 4.74 Å².